The van der Waals surface area contributed by atoms with Crippen molar-refractivity contribution in [1.29, 1.82) is 0 Å². The summed E-state index contributed by atoms with van der Waals surface area (Å²) >= 11 is 1.46. The van der Waals surface area contributed by atoms with Crippen molar-refractivity contribution in [2.75, 3.05) is 18.4 Å². The Balaban J connectivity index is 1.46. The molecule has 1 fully saturated rings. The summed E-state index contributed by atoms with van der Waals surface area (Å²) in [5.41, 5.74) is 2.23. The first-order valence-electron chi connectivity index (χ1n) is 8.73. The molecule has 0 saturated carbocycles. The molecule has 1 N–H and O–H groups in total. The van der Waals surface area contributed by atoms with Crippen LogP contribution in [0.2, 0.25) is 0 Å². The van der Waals surface area contributed by atoms with E-state index in [9.17, 15) is 4.79 Å². The molecule has 26 heavy (non-hydrogen) atoms. The SMILES string of the molecule is O=C(Nc1nc(CN2CCCCC2)cs1)c1ccccc1-n1ccnn1. The number of nitrogens with one attached hydrogen (secondary N) is 1. The van der Waals surface area contributed by atoms with Gasteiger partial charge in [-0.15, -0.1) is 16.4 Å². The van der Waals surface area contributed by atoms with E-state index in [1.807, 2.05) is 23.6 Å². The molecule has 1 aliphatic heterocycles. The summed E-state index contributed by atoms with van der Waals surface area (Å²) in [4.78, 5) is 19.7. The molecule has 1 aromatic carbocycles. The Labute approximate surface area is 155 Å². The Morgan fingerprint density at radius 3 is 2.85 bits per heavy atom. The third-order valence-electron chi connectivity index (χ3n) is 4.42. The number of likely N-dealkylation sites (tertiary alicyclic amines) is 1. The Hall–Kier alpha value is -2.58. The van der Waals surface area contributed by atoms with Crippen LogP contribution in [-0.4, -0.2) is 43.9 Å². The molecule has 1 aliphatic rings. The largest absolute Gasteiger partial charge is 0.298 e. The lowest BCUT2D eigenvalue weighted by molar-refractivity contribution is 0.102. The second kappa shape index (κ2) is 7.76. The first-order chi connectivity index (χ1) is 12.8. The second-order valence-corrected chi connectivity index (χ2v) is 7.16. The van der Waals surface area contributed by atoms with Gasteiger partial charge in [-0.2, -0.15) is 0 Å². The summed E-state index contributed by atoms with van der Waals surface area (Å²) in [5, 5.41) is 13.3. The molecule has 0 aliphatic carbocycles. The number of benzene rings is 1. The Kier molecular flexibility index (Phi) is 5.03. The molecule has 4 rings (SSSR count). The van der Waals surface area contributed by atoms with E-state index in [-0.39, 0.29) is 5.91 Å². The summed E-state index contributed by atoms with van der Waals surface area (Å²) < 4.78 is 1.58. The van der Waals surface area contributed by atoms with Gasteiger partial charge < -0.3 is 0 Å². The van der Waals surface area contributed by atoms with Gasteiger partial charge in [-0.05, 0) is 38.1 Å². The lowest BCUT2D eigenvalue weighted by atomic mass is 10.1. The van der Waals surface area contributed by atoms with E-state index in [4.69, 9.17) is 0 Å². The predicted octanol–water partition coefficient (Wildman–Crippen LogP) is 2.96. The van der Waals surface area contributed by atoms with Crippen molar-refractivity contribution >= 4 is 22.4 Å². The molecule has 2 aromatic heterocycles. The fourth-order valence-corrected chi connectivity index (χ4v) is 3.85. The van der Waals surface area contributed by atoms with Gasteiger partial charge in [-0.3, -0.25) is 15.0 Å². The number of nitrogens with zero attached hydrogens (tertiary/aromatic N) is 5. The summed E-state index contributed by atoms with van der Waals surface area (Å²) in [6, 6.07) is 7.31. The molecule has 0 bridgehead atoms. The number of amides is 1. The van der Waals surface area contributed by atoms with Crippen LogP contribution in [0, 0.1) is 0 Å². The normalized spacial score (nSPS) is 15.1. The highest BCUT2D eigenvalue weighted by Gasteiger charge is 2.16. The van der Waals surface area contributed by atoms with Crippen LogP contribution in [-0.2, 0) is 6.54 Å². The molecule has 0 radical (unpaired) electrons. The zero-order chi connectivity index (χ0) is 17.8. The van der Waals surface area contributed by atoms with Crippen LogP contribution in [0.1, 0.15) is 35.3 Å². The third kappa shape index (κ3) is 3.81. The molecule has 0 unspecified atom stereocenters. The average molecular weight is 368 g/mol. The number of thiazole rings is 1. The van der Waals surface area contributed by atoms with Gasteiger partial charge in [0, 0.05) is 11.9 Å². The maximum Gasteiger partial charge on any atom is 0.259 e. The van der Waals surface area contributed by atoms with Crippen molar-refractivity contribution in [2.24, 2.45) is 0 Å². The van der Waals surface area contributed by atoms with Crippen molar-refractivity contribution < 1.29 is 4.79 Å². The van der Waals surface area contributed by atoms with Crippen LogP contribution >= 0.6 is 11.3 Å². The van der Waals surface area contributed by atoms with E-state index < -0.39 is 0 Å². The number of hydrogen-bond acceptors (Lipinski definition) is 6. The van der Waals surface area contributed by atoms with Crippen molar-refractivity contribution in [1.82, 2.24) is 24.9 Å². The van der Waals surface area contributed by atoms with Gasteiger partial charge >= 0.3 is 0 Å². The maximum absolute atomic E-state index is 12.7. The number of carbonyl (C=O) groups is 1. The van der Waals surface area contributed by atoms with Crippen molar-refractivity contribution in [3.05, 3.63) is 53.3 Å². The van der Waals surface area contributed by atoms with E-state index >= 15 is 0 Å². The number of carbonyl (C=O) groups excluding carboxylic acids is 1. The summed E-state index contributed by atoms with van der Waals surface area (Å²) in [6.45, 7) is 3.11. The highest BCUT2D eigenvalue weighted by atomic mass is 32.1. The molecule has 8 heteroatoms. The van der Waals surface area contributed by atoms with Gasteiger partial charge in [0.1, 0.15) is 0 Å². The molecular formula is C18H20N6OS. The highest BCUT2D eigenvalue weighted by Crippen LogP contribution is 2.21. The molecule has 0 atom stereocenters. The van der Waals surface area contributed by atoms with Crippen LogP contribution in [0.4, 0.5) is 5.13 Å². The van der Waals surface area contributed by atoms with Crippen molar-refractivity contribution in [2.45, 2.75) is 25.8 Å². The minimum absolute atomic E-state index is 0.199. The Morgan fingerprint density at radius 2 is 2.04 bits per heavy atom. The summed E-state index contributed by atoms with van der Waals surface area (Å²) in [5.74, 6) is -0.199. The number of hydrogen-bond donors (Lipinski definition) is 1. The minimum atomic E-state index is -0.199. The molecule has 1 saturated heterocycles. The summed E-state index contributed by atoms with van der Waals surface area (Å²) in [7, 11) is 0. The molecular weight excluding hydrogens is 348 g/mol. The topological polar surface area (TPSA) is 75.9 Å². The fourth-order valence-electron chi connectivity index (χ4n) is 3.15. The second-order valence-electron chi connectivity index (χ2n) is 6.30. The van der Waals surface area contributed by atoms with Crippen LogP contribution in [0.5, 0.6) is 0 Å². The van der Waals surface area contributed by atoms with Crippen LogP contribution in [0.25, 0.3) is 5.69 Å². The first-order valence-corrected chi connectivity index (χ1v) is 9.61. The molecule has 0 spiro atoms. The van der Waals surface area contributed by atoms with Gasteiger partial charge in [0.15, 0.2) is 5.13 Å². The van der Waals surface area contributed by atoms with E-state index in [1.165, 1.54) is 30.6 Å². The average Bonchev–Trinajstić information content (AvgIpc) is 3.35. The zero-order valence-electron chi connectivity index (χ0n) is 14.3. The van der Waals surface area contributed by atoms with E-state index in [0.29, 0.717) is 16.4 Å². The number of rotatable bonds is 5. The van der Waals surface area contributed by atoms with Crippen LogP contribution in [0.15, 0.2) is 42.0 Å². The van der Waals surface area contributed by atoms with Gasteiger partial charge in [0.2, 0.25) is 0 Å². The standard InChI is InChI=1S/C18H20N6OS/c25-17(15-6-2-3-7-16(15)24-11-8-19-22-24)21-18-20-14(13-26-18)12-23-9-4-1-5-10-23/h2-3,6-8,11,13H,1,4-5,9-10,12H2,(H,20,21,25). The van der Waals surface area contributed by atoms with E-state index in [2.05, 4.69) is 25.5 Å². The van der Waals surface area contributed by atoms with Gasteiger partial charge in [-0.1, -0.05) is 23.8 Å². The fraction of sp³-hybridized carbons (Fsp3) is 0.333. The van der Waals surface area contributed by atoms with Crippen molar-refractivity contribution in [3.63, 3.8) is 0 Å². The molecule has 134 valence electrons. The van der Waals surface area contributed by atoms with Crippen molar-refractivity contribution in [3.8, 4) is 5.69 Å². The zero-order valence-corrected chi connectivity index (χ0v) is 15.2. The first kappa shape index (κ1) is 16.9. The van der Waals surface area contributed by atoms with E-state index in [0.717, 1.165) is 25.3 Å². The lowest BCUT2D eigenvalue weighted by Crippen LogP contribution is -2.29. The maximum atomic E-state index is 12.7. The molecule has 3 aromatic rings. The lowest BCUT2D eigenvalue weighted by Gasteiger charge is -2.25. The smallest absolute Gasteiger partial charge is 0.259 e. The highest BCUT2D eigenvalue weighted by molar-refractivity contribution is 7.14. The van der Waals surface area contributed by atoms with Gasteiger partial charge in [0.25, 0.3) is 5.91 Å². The number of para-hydroxylation sites is 1. The number of anilines is 1. The van der Waals surface area contributed by atoms with Crippen LogP contribution < -0.4 is 5.32 Å². The van der Waals surface area contributed by atoms with Crippen LogP contribution in [0.3, 0.4) is 0 Å². The molecule has 3 heterocycles. The quantitative estimate of drug-likeness (QED) is 0.749. The molecule has 7 nitrogen and oxygen atoms in total. The molecule has 1 amide bonds. The number of aromatic nitrogens is 4. The Morgan fingerprint density at radius 1 is 1.19 bits per heavy atom. The van der Waals surface area contributed by atoms with Gasteiger partial charge in [-0.25, -0.2) is 9.67 Å². The predicted molar refractivity (Wildman–Crippen MR) is 101 cm³/mol. The minimum Gasteiger partial charge on any atom is -0.298 e. The Bertz CT molecular complexity index is 869. The third-order valence-corrected chi connectivity index (χ3v) is 5.23. The number of piperidine rings is 1. The van der Waals surface area contributed by atoms with Gasteiger partial charge in [0.05, 0.1) is 29.3 Å². The van der Waals surface area contributed by atoms with E-state index in [1.54, 1.807) is 23.1 Å². The summed E-state index contributed by atoms with van der Waals surface area (Å²) in [6.07, 6.45) is 7.13. The monoisotopic (exact) mass is 368 g/mol.